The summed E-state index contributed by atoms with van der Waals surface area (Å²) in [4.78, 5) is 32.0. The van der Waals surface area contributed by atoms with Crippen molar-refractivity contribution >= 4 is 17.3 Å². The average molecular weight is 406 g/mol. The van der Waals surface area contributed by atoms with Crippen LogP contribution in [0.1, 0.15) is 24.6 Å². The highest BCUT2D eigenvalue weighted by molar-refractivity contribution is 5.94. The number of nitro benzene ring substituents is 1. The molecule has 1 atom stereocenters. The number of nitrogens with zero attached hydrogens (tertiary/aromatic N) is 3. The Morgan fingerprint density at radius 2 is 1.77 bits per heavy atom. The van der Waals surface area contributed by atoms with E-state index in [-0.39, 0.29) is 11.6 Å². The molecule has 0 aliphatic rings. The minimum atomic E-state index is -0.733. The standard InChI is InChI=1S/C22H22N4O4/c1-4-19(21(27)24-17-8-6-5-7-9-17)30-22-14(2)15(3)23-20(25-22)16-10-12-18(13-11-16)26(28)29/h5-13,19H,4H2,1-3H3,(H,24,27). The van der Waals surface area contributed by atoms with Gasteiger partial charge in [-0.2, -0.15) is 4.98 Å². The van der Waals surface area contributed by atoms with E-state index < -0.39 is 11.0 Å². The molecule has 0 bridgehead atoms. The molecule has 1 N–H and O–H groups in total. The van der Waals surface area contributed by atoms with Gasteiger partial charge in [-0.05, 0) is 44.5 Å². The molecule has 8 nitrogen and oxygen atoms in total. The predicted octanol–water partition coefficient (Wildman–Crippen LogP) is 4.46. The molecule has 30 heavy (non-hydrogen) atoms. The van der Waals surface area contributed by atoms with Gasteiger partial charge < -0.3 is 10.1 Å². The molecule has 0 aliphatic heterocycles. The van der Waals surface area contributed by atoms with Gasteiger partial charge in [0.15, 0.2) is 11.9 Å². The minimum Gasteiger partial charge on any atom is -0.464 e. The summed E-state index contributed by atoms with van der Waals surface area (Å²) in [6.45, 7) is 5.51. The maximum absolute atomic E-state index is 12.7. The summed E-state index contributed by atoms with van der Waals surface area (Å²) in [7, 11) is 0. The molecule has 0 saturated carbocycles. The molecule has 1 aromatic heterocycles. The number of non-ortho nitro benzene ring substituents is 1. The van der Waals surface area contributed by atoms with Crippen molar-refractivity contribution in [1.82, 2.24) is 9.97 Å². The Labute approximate surface area is 174 Å². The van der Waals surface area contributed by atoms with E-state index in [1.807, 2.05) is 39.0 Å². The summed E-state index contributed by atoms with van der Waals surface area (Å²) >= 11 is 0. The lowest BCUT2D eigenvalue weighted by molar-refractivity contribution is -0.384. The molecule has 1 unspecified atom stereocenters. The van der Waals surface area contributed by atoms with Crippen LogP contribution in [0.15, 0.2) is 54.6 Å². The summed E-state index contributed by atoms with van der Waals surface area (Å²) in [6.07, 6.45) is -0.281. The van der Waals surface area contributed by atoms with E-state index in [2.05, 4.69) is 15.3 Å². The first-order valence-electron chi connectivity index (χ1n) is 9.51. The number of para-hydroxylation sites is 1. The Bertz CT molecular complexity index is 1050. The molecule has 0 spiro atoms. The molecular weight excluding hydrogens is 384 g/mol. The number of nitro groups is 1. The lowest BCUT2D eigenvalue weighted by Gasteiger charge is -2.19. The van der Waals surface area contributed by atoms with Gasteiger partial charge in [-0.15, -0.1) is 0 Å². The molecule has 0 aliphatic carbocycles. The number of carbonyl (C=O) groups is 1. The van der Waals surface area contributed by atoms with Gasteiger partial charge in [0.25, 0.3) is 11.6 Å². The highest BCUT2D eigenvalue weighted by Crippen LogP contribution is 2.26. The first-order chi connectivity index (χ1) is 14.4. The van der Waals surface area contributed by atoms with Crippen molar-refractivity contribution in [2.24, 2.45) is 0 Å². The van der Waals surface area contributed by atoms with Gasteiger partial charge in [-0.1, -0.05) is 25.1 Å². The zero-order valence-electron chi connectivity index (χ0n) is 17.0. The van der Waals surface area contributed by atoms with Gasteiger partial charge in [0.1, 0.15) is 0 Å². The molecule has 8 heteroatoms. The van der Waals surface area contributed by atoms with Crippen molar-refractivity contribution in [3.63, 3.8) is 0 Å². The number of rotatable bonds is 7. The summed E-state index contributed by atoms with van der Waals surface area (Å²) < 4.78 is 5.96. The second-order valence-electron chi connectivity index (χ2n) is 6.74. The van der Waals surface area contributed by atoms with Crippen LogP contribution in [0.3, 0.4) is 0 Å². The van der Waals surface area contributed by atoms with E-state index in [1.165, 1.54) is 12.1 Å². The topological polar surface area (TPSA) is 107 Å². The summed E-state index contributed by atoms with van der Waals surface area (Å²) in [6, 6.07) is 15.1. The second-order valence-corrected chi connectivity index (χ2v) is 6.74. The lowest BCUT2D eigenvalue weighted by Crippen LogP contribution is -2.33. The zero-order valence-corrected chi connectivity index (χ0v) is 17.0. The van der Waals surface area contributed by atoms with Crippen LogP contribution in [0.4, 0.5) is 11.4 Å². The maximum atomic E-state index is 12.7. The molecule has 3 aromatic rings. The monoisotopic (exact) mass is 406 g/mol. The molecular formula is C22H22N4O4. The van der Waals surface area contributed by atoms with Crippen LogP contribution in [-0.4, -0.2) is 26.9 Å². The molecule has 154 valence electrons. The fourth-order valence-corrected chi connectivity index (χ4v) is 2.78. The van der Waals surface area contributed by atoms with Gasteiger partial charge in [-0.25, -0.2) is 4.98 Å². The summed E-state index contributed by atoms with van der Waals surface area (Å²) in [5.41, 5.74) is 2.73. The van der Waals surface area contributed by atoms with Crippen molar-refractivity contribution in [3.8, 4) is 17.3 Å². The lowest BCUT2D eigenvalue weighted by atomic mass is 10.1. The second kappa shape index (κ2) is 9.13. The third-order valence-corrected chi connectivity index (χ3v) is 4.64. The highest BCUT2D eigenvalue weighted by atomic mass is 16.6. The van der Waals surface area contributed by atoms with Crippen LogP contribution in [0, 0.1) is 24.0 Å². The van der Waals surface area contributed by atoms with Crippen LogP contribution in [-0.2, 0) is 4.79 Å². The Hall–Kier alpha value is -3.81. The summed E-state index contributed by atoms with van der Waals surface area (Å²) in [5.74, 6) is 0.420. The Morgan fingerprint density at radius 1 is 1.10 bits per heavy atom. The number of hydrogen-bond acceptors (Lipinski definition) is 6. The molecule has 0 saturated heterocycles. The van der Waals surface area contributed by atoms with Crippen LogP contribution in [0.25, 0.3) is 11.4 Å². The quantitative estimate of drug-likeness (QED) is 0.458. The fraction of sp³-hybridized carbons (Fsp3) is 0.227. The van der Waals surface area contributed by atoms with Crippen molar-refractivity contribution in [1.29, 1.82) is 0 Å². The number of amides is 1. The van der Waals surface area contributed by atoms with Gasteiger partial charge in [0, 0.05) is 34.6 Å². The fourth-order valence-electron chi connectivity index (χ4n) is 2.78. The van der Waals surface area contributed by atoms with Gasteiger partial charge in [0.05, 0.1) is 4.92 Å². The smallest absolute Gasteiger partial charge is 0.269 e. The first-order valence-corrected chi connectivity index (χ1v) is 9.51. The number of anilines is 1. The van der Waals surface area contributed by atoms with E-state index in [0.717, 1.165) is 5.56 Å². The van der Waals surface area contributed by atoms with Crippen LogP contribution < -0.4 is 10.1 Å². The van der Waals surface area contributed by atoms with Gasteiger partial charge in [-0.3, -0.25) is 14.9 Å². The zero-order chi connectivity index (χ0) is 21.7. The number of hydrogen-bond donors (Lipinski definition) is 1. The average Bonchev–Trinajstić information content (AvgIpc) is 2.75. The number of carbonyl (C=O) groups excluding carboxylic acids is 1. The molecule has 2 aromatic carbocycles. The Kier molecular flexibility index (Phi) is 6.36. The van der Waals surface area contributed by atoms with E-state index >= 15 is 0 Å². The highest BCUT2D eigenvalue weighted by Gasteiger charge is 2.22. The van der Waals surface area contributed by atoms with Crippen LogP contribution >= 0.6 is 0 Å². The third-order valence-electron chi connectivity index (χ3n) is 4.64. The van der Waals surface area contributed by atoms with Crippen molar-refractivity contribution in [2.75, 3.05) is 5.32 Å². The predicted molar refractivity (Wildman–Crippen MR) is 113 cm³/mol. The van der Waals surface area contributed by atoms with Gasteiger partial charge in [0.2, 0.25) is 5.88 Å². The number of ether oxygens (including phenoxy) is 1. The molecule has 1 heterocycles. The molecule has 1 amide bonds. The van der Waals surface area contributed by atoms with Gasteiger partial charge >= 0.3 is 0 Å². The number of aryl methyl sites for hydroxylation is 1. The SMILES string of the molecule is CCC(Oc1nc(-c2ccc([N+](=O)[O-])cc2)nc(C)c1C)C(=O)Nc1ccccc1. The normalized spacial score (nSPS) is 11.6. The van der Waals surface area contributed by atoms with E-state index in [4.69, 9.17) is 4.74 Å². The Morgan fingerprint density at radius 3 is 2.37 bits per heavy atom. The van der Waals surface area contributed by atoms with Crippen LogP contribution in [0.5, 0.6) is 5.88 Å². The molecule has 0 radical (unpaired) electrons. The van der Waals surface area contributed by atoms with Crippen molar-refractivity contribution in [2.45, 2.75) is 33.3 Å². The number of aromatic nitrogens is 2. The van der Waals surface area contributed by atoms with E-state index in [9.17, 15) is 14.9 Å². The van der Waals surface area contributed by atoms with E-state index in [0.29, 0.717) is 35.1 Å². The minimum absolute atomic E-state index is 0.0114. The Balaban J connectivity index is 1.85. The first kappa shape index (κ1) is 20.9. The van der Waals surface area contributed by atoms with E-state index in [1.54, 1.807) is 24.3 Å². The summed E-state index contributed by atoms with van der Waals surface area (Å²) in [5, 5.41) is 13.7. The largest absolute Gasteiger partial charge is 0.464 e. The van der Waals surface area contributed by atoms with Crippen LogP contribution in [0.2, 0.25) is 0 Å². The van der Waals surface area contributed by atoms with Crippen molar-refractivity contribution < 1.29 is 14.5 Å². The molecule has 3 rings (SSSR count). The number of nitrogens with one attached hydrogen (secondary N) is 1. The number of benzene rings is 2. The van der Waals surface area contributed by atoms with Crippen molar-refractivity contribution in [3.05, 3.63) is 76.0 Å². The maximum Gasteiger partial charge on any atom is 0.269 e. The third kappa shape index (κ3) is 4.78. The molecule has 0 fully saturated rings.